The number of hydrogen-bond donors (Lipinski definition) is 1. The number of hydrogen-bond acceptors (Lipinski definition) is 1. The lowest BCUT2D eigenvalue weighted by Crippen LogP contribution is -2.27. The Hall–Kier alpha value is -2.16. The second-order valence-corrected chi connectivity index (χ2v) is 4.79. The first kappa shape index (κ1) is 14.3. The third kappa shape index (κ3) is 3.92. The molecule has 2 aromatic rings. The van der Waals surface area contributed by atoms with E-state index in [4.69, 9.17) is 0 Å². The highest BCUT2D eigenvalue weighted by atomic mass is 19.1. The molecule has 0 saturated heterocycles. The number of amides is 1. The fourth-order valence-electron chi connectivity index (χ4n) is 2.10. The minimum absolute atomic E-state index is 0.0838. The summed E-state index contributed by atoms with van der Waals surface area (Å²) in [5.41, 5.74) is 2.87. The molecule has 104 valence electrons. The molecule has 0 saturated carbocycles. The summed E-state index contributed by atoms with van der Waals surface area (Å²) < 4.78 is 13.4. The van der Waals surface area contributed by atoms with Crippen LogP contribution in [0, 0.1) is 12.7 Å². The molecule has 0 heterocycles. The van der Waals surface area contributed by atoms with E-state index < -0.39 is 0 Å². The lowest BCUT2D eigenvalue weighted by atomic mass is 10.1. The molecular formula is C17H18FNO. The predicted octanol–water partition coefficient (Wildman–Crippen LogP) is 3.04. The largest absolute Gasteiger partial charge is 0.355 e. The highest BCUT2D eigenvalue weighted by Crippen LogP contribution is 2.08. The van der Waals surface area contributed by atoms with Crippen molar-refractivity contribution in [2.45, 2.75) is 19.8 Å². The minimum Gasteiger partial charge on any atom is -0.355 e. The second kappa shape index (κ2) is 6.85. The summed E-state index contributed by atoms with van der Waals surface area (Å²) in [5, 5.41) is 2.83. The molecule has 2 aromatic carbocycles. The summed E-state index contributed by atoms with van der Waals surface area (Å²) in [7, 11) is 0. The first-order valence-corrected chi connectivity index (χ1v) is 6.71. The molecule has 1 amide bonds. The van der Waals surface area contributed by atoms with Crippen LogP contribution in [0.4, 0.5) is 4.39 Å². The van der Waals surface area contributed by atoms with Gasteiger partial charge in [-0.25, -0.2) is 4.39 Å². The van der Waals surface area contributed by atoms with E-state index in [1.54, 1.807) is 18.2 Å². The van der Waals surface area contributed by atoms with Crippen molar-refractivity contribution in [2.75, 3.05) is 6.54 Å². The Morgan fingerprint density at radius 3 is 2.40 bits per heavy atom. The first-order chi connectivity index (χ1) is 9.66. The third-order valence-corrected chi connectivity index (χ3v) is 3.29. The summed E-state index contributed by atoms with van der Waals surface area (Å²) in [4.78, 5) is 11.8. The Bertz CT molecular complexity index is 595. The number of nitrogens with one attached hydrogen (secondary N) is 1. The Kier molecular flexibility index (Phi) is 4.88. The van der Waals surface area contributed by atoms with E-state index in [0.717, 1.165) is 6.42 Å². The number of aryl methyl sites for hydroxylation is 1. The maximum Gasteiger partial charge on any atom is 0.224 e. The third-order valence-electron chi connectivity index (χ3n) is 3.29. The molecule has 2 rings (SSSR count). The van der Waals surface area contributed by atoms with Gasteiger partial charge in [-0.15, -0.1) is 0 Å². The molecule has 1 N–H and O–H groups in total. The van der Waals surface area contributed by atoms with Crippen molar-refractivity contribution in [1.82, 2.24) is 5.32 Å². The highest BCUT2D eigenvalue weighted by molar-refractivity contribution is 5.78. The number of carbonyl (C=O) groups is 1. The van der Waals surface area contributed by atoms with Crippen molar-refractivity contribution in [1.29, 1.82) is 0 Å². The second-order valence-electron chi connectivity index (χ2n) is 4.79. The normalized spacial score (nSPS) is 10.3. The monoisotopic (exact) mass is 271 g/mol. The van der Waals surface area contributed by atoms with Gasteiger partial charge in [0.25, 0.3) is 0 Å². The SMILES string of the molecule is Cc1ccccc1CCNC(=O)Cc1ccccc1F. The Balaban J connectivity index is 1.82. The molecular weight excluding hydrogens is 253 g/mol. The first-order valence-electron chi connectivity index (χ1n) is 6.71. The standard InChI is InChI=1S/C17H18FNO/c1-13-6-2-3-7-14(13)10-11-19-17(20)12-15-8-4-5-9-16(15)18/h2-9H,10-12H2,1H3,(H,19,20). The molecule has 2 nitrogen and oxygen atoms in total. The smallest absolute Gasteiger partial charge is 0.224 e. The predicted molar refractivity (Wildman–Crippen MR) is 78.0 cm³/mol. The number of rotatable bonds is 5. The molecule has 0 fully saturated rings. The molecule has 3 heteroatoms. The van der Waals surface area contributed by atoms with Crippen LogP contribution >= 0.6 is 0 Å². The van der Waals surface area contributed by atoms with E-state index >= 15 is 0 Å². The van der Waals surface area contributed by atoms with E-state index in [1.807, 2.05) is 12.1 Å². The van der Waals surface area contributed by atoms with Crippen LogP contribution in [0.2, 0.25) is 0 Å². The van der Waals surface area contributed by atoms with E-state index in [-0.39, 0.29) is 18.1 Å². The lowest BCUT2D eigenvalue weighted by molar-refractivity contribution is -0.120. The van der Waals surface area contributed by atoms with Crippen LogP contribution in [0.15, 0.2) is 48.5 Å². The maximum atomic E-state index is 13.4. The van der Waals surface area contributed by atoms with Crippen molar-refractivity contribution in [3.8, 4) is 0 Å². The van der Waals surface area contributed by atoms with Gasteiger partial charge in [0.1, 0.15) is 5.82 Å². The minimum atomic E-state index is -0.332. The zero-order valence-electron chi connectivity index (χ0n) is 11.5. The quantitative estimate of drug-likeness (QED) is 0.889. The topological polar surface area (TPSA) is 29.1 Å². The van der Waals surface area contributed by atoms with Gasteiger partial charge in [-0.1, -0.05) is 42.5 Å². The van der Waals surface area contributed by atoms with Crippen LogP contribution in [0.25, 0.3) is 0 Å². The van der Waals surface area contributed by atoms with Crippen molar-refractivity contribution < 1.29 is 9.18 Å². The van der Waals surface area contributed by atoms with Gasteiger partial charge >= 0.3 is 0 Å². The van der Waals surface area contributed by atoms with Gasteiger partial charge in [0.15, 0.2) is 0 Å². The van der Waals surface area contributed by atoms with Gasteiger partial charge in [0, 0.05) is 6.54 Å². The Morgan fingerprint density at radius 2 is 1.70 bits per heavy atom. The van der Waals surface area contributed by atoms with E-state index in [9.17, 15) is 9.18 Å². The Morgan fingerprint density at radius 1 is 1.05 bits per heavy atom. The van der Waals surface area contributed by atoms with Gasteiger partial charge < -0.3 is 5.32 Å². The molecule has 0 aliphatic rings. The highest BCUT2D eigenvalue weighted by Gasteiger charge is 2.07. The van der Waals surface area contributed by atoms with Crippen LogP contribution in [0.3, 0.4) is 0 Å². The summed E-state index contributed by atoms with van der Waals surface area (Å²) >= 11 is 0. The number of halogens is 1. The van der Waals surface area contributed by atoms with Crippen LogP contribution in [0.5, 0.6) is 0 Å². The zero-order chi connectivity index (χ0) is 14.4. The molecule has 0 aliphatic carbocycles. The van der Waals surface area contributed by atoms with Crippen molar-refractivity contribution in [3.05, 3.63) is 71.0 Å². The van der Waals surface area contributed by atoms with Gasteiger partial charge in [-0.2, -0.15) is 0 Å². The van der Waals surface area contributed by atoms with Gasteiger partial charge in [-0.05, 0) is 36.1 Å². The van der Waals surface area contributed by atoms with Gasteiger partial charge in [0.05, 0.1) is 6.42 Å². The number of carbonyl (C=O) groups excluding carboxylic acids is 1. The molecule has 0 bridgehead atoms. The van der Waals surface area contributed by atoms with E-state index in [2.05, 4.69) is 24.4 Å². The zero-order valence-corrected chi connectivity index (χ0v) is 11.5. The summed E-state index contributed by atoms with van der Waals surface area (Å²) in [6.07, 6.45) is 0.871. The number of benzene rings is 2. The summed E-state index contributed by atoms with van der Waals surface area (Å²) in [5.74, 6) is -0.481. The molecule has 0 spiro atoms. The van der Waals surface area contributed by atoms with E-state index in [0.29, 0.717) is 12.1 Å². The average molecular weight is 271 g/mol. The molecule has 0 aliphatic heterocycles. The molecule has 0 unspecified atom stereocenters. The van der Waals surface area contributed by atoms with Crippen molar-refractivity contribution >= 4 is 5.91 Å². The van der Waals surface area contributed by atoms with Crippen LogP contribution < -0.4 is 5.32 Å². The van der Waals surface area contributed by atoms with Crippen LogP contribution in [-0.2, 0) is 17.6 Å². The molecule has 0 atom stereocenters. The fraction of sp³-hybridized carbons (Fsp3) is 0.235. The lowest BCUT2D eigenvalue weighted by Gasteiger charge is -2.08. The van der Waals surface area contributed by atoms with Crippen molar-refractivity contribution in [2.24, 2.45) is 0 Å². The van der Waals surface area contributed by atoms with Crippen molar-refractivity contribution in [3.63, 3.8) is 0 Å². The summed E-state index contributed by atoms with van der Waals surface area (Å²) in [6, 6.07) is 14.5. The van der Waals surface area contributed by atoms with Gasteiger partial charge in [0.2, 0.25) is 5.91 Å². The van der Waals surface area contributed by atoms with Crippen LogP contribution in [0.1, 0.15) is 16.7 Å². The molecule has 20 heavy (non-hydrogen) atoms. The van der Waals surface area contributed by atoms with Gasteiger partial charge in [-0.3, -0.25) is 4.79 Å². The van der Waals surface area contributed by atoms with Crippen LogP contribution in [-0.4, -0.2) is 12.5 Å². The molecule has 0 radical (unpaired) electrons. The Labute approximate surface area is 118 Å². The maximum absolute atomic E-state index is 13.4. The molecule has 0 aromatic heterocycles. The fourth-order valence-corrected chi connectivity index (χ4v) is 2.10. The average Bonchev–Trinajstić information content (AvgIpc) is 2.43. The van der Waals surface area contributed by atoms with E-state index in [1.165, 1.54) is 17.2 Å². The summed E-state index contributed by atoms with van der Waals surface area (Å²) in [6.45, 7) is 2.62.